The quantitative estimate of drug-likeness (QED) is 0.802. The summed E-state index contributed by atoms with van der Waals surface area (Å²) < 4.78 is 1.74. The van der Waals surface area contributed by atoms with Crippen LogP contribution in [0.25, 0.3) is 0 Å². The Morgan fingerprint density at radius 1 is 1.44 bits per heavy atom. The second-order valence-electron chi connectivity index (χ2n) is 4.19. The van der Waals surface area contributed by atoms with Crippen LogP contribution in [0.2, 0.25) is 0 Å². The molecule has 96 valence electrons. The van der Waals surface area contributed by atoms with Gasteiger partial charge in [0.2, 0.25) is 0 Å². The third-order valence-corrected chi connectivity index (χ3v) is 2.76. The fraction of sp³-hybridized carbons (Fsp3) is 0.385. The van der Waals surface area contributed by atoms with Gasteiger partial charge in [-0.3, -0.25) is 9.67 Å². The van der Waals surface area contributed by atoms with Crippen molar-refractivity contribution in [3.8, 4) is 0 Å². The van der Waals surface area contributed by atoms with E-state index in [-0.39, 0.29) is 12.6 Å². The van der Waals surface area contributed by atoms with Gasteiger partial charge in [-0.1, -0.05) is 6.07 Å². The molecular formula is C13H18N4O. The summed E-state index contributed by atoms with van der Waals surface area (Å²) in [4.78, 5) is 4.31. The van der Waals surface area contributed by atoms with Gasteiger partial charge in [-0.2, -0.15) is 5.10 Å². The van der Waals surface area contributed by atoms with Crippen LogP contribution in [0.3, 0.4) is 0 Å². The third-order valence-electron chi connectivity index (χ3n) is 2.76. The molecule has 0 aliphatic heterocycles. The van der Waals surface area contributed by atoms with Crippen LogP contribution in [0, 0.1) is 0 Å². The van der Waals surface area contributed by atoms with Crippen molar-refractivity contribution in [1.29, 1.82) is 0 Å². The highest BCUT2D eigenvalue weighted by Crippen LogP contribution is 2.09. The summed E-state index contributed by atoms with van der Waals surface area (Å²) in [7, 11) is 0. The topological polar surface area (TPSA) is 63.0 Å². The molecule has 0 spiro atoms. The maximum absolute atomic E-state index is 8.81. The molecule has 0 aromatic carbocycles. The molecule has 0 fully saturated rings. The Labute approximate surface area is 106 Å². The first-order valence-electron chi connectivity index (χ1n) is 6.06. The van der Waals surface area contributed by atoms with Gasteiger partial charge < -0.3 is 10.4 Å². The van der Waals surface area contributed by atoms with Crippen molar-refractivity contribution in [3.05, 3.63) is 48.0 Å². The highest BCUT2D eigenvalue weighted by molar-refractivity contribution is 5.09. The number of pyridine rings is 1. The van der Waals surface area contributed by atoms with E-state index in [1.807, 2.05) is 30.6 Å². The van der Waals surface area contributed by atoms with E-state index in [4.69, 9.17) is 5.11 Å². The summed E-state index contributed by atoms with van der Waals surface area (Å²) in [5.74, 6) is 0. The molecule has 18 heavy (non-hydrogen) atoms. The van der Waals surface area contributed by atoms with Gasteiger partial charge in [-0.25, -0.2) is 0 Å². The molecule has 0 bridgehead atoms. The lowest BCUT2D eigenvalue weighted by atomic mass is 10.2. The predicted octanol–water partition coefficient (Wildman–Crippen LogP) is 1.12. The Balaban J connectivity index is 1.87. The number of hydrogen-bond donors (Lipinski definition) is 2. The zero-order valence-electron chi connectivity index (χ0n) is 10.5. The van der Waals surface area contributed by atoms with Crippen LogP contribution in [-0.4, -0.2) is 26.5 Å². The number of aliphatic hydroxyl groups is 1. The van der Waals surface area contributed by atoms with Gasteiger partial charge in [-0.15, -0.1) is 0 Å². The maximum Gasteiger partial charge on any atom is 0.0640 e. The Hall–Kier alpha value is -1.72. The molecule has 5 heteroatoms. The fourth-order valence-corrected chi connectivity index (χ4v) is 1.73. The van der Waals surface area contributed by atoms with E-state index >= 15 is 0 Å². The second kappa shape index (κ2) is 6.28. The summed E-state index contributed by atoms with van der Waals surface area (Å²) in [5, 5.41) is 16.4. The first-order chi connectivity index (χ1) is 8.79. The molecule has 5 nitrogen and oxygen atoms in total. The minimum absolute atomic E-state index is 0.110. The molecule has 2 aromatic rings. The van der Waals surface area contributed by atoms with E-state index in [1.165, 1.54) is 0 Å². The molecular weight excluding hydrogens is 228 g/mol. The second-order valence-corrected chi connectivity index (χ2v) is 4.19. The van der Waals surface area contributed by atoms with E-state index < -0.39 is 0 Å². The zero-order chi connectivity index (χ0) is 12.8. The van der Waals surface area contributed by atoms with Crippen LogP contribution in [0.15, 0.2) is 36.8 Å². The van der Waals surface area contributed by atoms with E-state index in [2.05, 4.69) is 22.3 Å². The van der Waals surface area contributed by atoms with Crippen LogP contribution in [-0.2, 0) is 13.1 Å². The molecule has 0 radical (unpaired) electrons. The summed E-state index contributed by atoms with van der Waals surface area (Å²) in [5.41, 5.74) is 2.13. The van der Waals surface area contributed by atoms with E-state index in [0.29, 0.717) is 6.54 Å². The first kappa shape index (κ1) is 12.7. The number of aliphatic hydroxyl groups excluding tert-OH is 1. The van der Waals surface area contributed by atoms with Crippen molar-refractivity contribution < 1.29 is 5.11 Å². The van der Waals surface area contributed by atoms with Crippen LogP contribution in [0.5, 0.6) is 0 Å². The Kier molecular flexibility index (Phi) is 4.44. The van der Waals surface area contributed by atoms with Crippen LogP contribution >= 0.6 is 0 Å². The number of aromatic nitrogens is 3. The molecule has 0 unspecified atom stereocenters. The van der Waals surface area contributed by atoms with Crippen molar-refractivity contribution in [3.63, 3.8) is 0 Å². The largest absolute Gasteiger partial charge is 0.394 e. The van der Waals surface area contributed by atoms with Gasteiger partial charge in [-0.05, 0) is 19.1 Å². The normalized spacial score (nSPS) is 12.6. The molecule has 0 saturated carbocycles. The van der Waals surface area contributed by atoms with E-state index in [1.54, 1.807) is 10.9 Å². The molecule has 0 aliphatic rings. The minimum atomic E-state index is 0.110. The summed E-state index contributed by atoms with van der Waals surface area (Å²) in [6, 6.07) is 6.11. The summed E-state index contributed by atoms with van der Waals surface area (Å²) >= 11 is 0. The standard InChI is InChI=1S/C13H18N4O/c1-11(13-4-2-3-5-14-13)15-8-12-9-16-17(10-12)6-7-18/h2-5,9-11,15,18H,6-8H2,1H3/t11-/m0/s1. The van der Waals surface area contributed by atoms with E-state index in [9.17, 15) is 0 Å². The van der Waals surface area contributed by atoms with Crippen LogP contribution in [0.4, 0.5) is 0 Å². The minimum Gasteiger partial charge on any atom is -0.394 e. The van der Waals surface area contributed by atoms with Crippen molar-refractivity contribution in [2.24, 2.45) is 0 Å². The smallest absolute Gasteiger partial charge is 0.0640 e. The number of nitrogens with zero attached hydrogens (tertiary/aromatic N) is 3. The van der Waals surface area contributed by atoms with Gasteiger partial charge in [0.25, 0.3) is 0 Å². The summed E-state index contributed by atoms with van der Waals surface area (Å²) in [6.45, 7) is 3.47. The highest BCUT2D eigenvalue weighted by Gasteiger charge is 2.06. The molecule has 2 aromatic heterocycles. The van der Waals surface area contributed by atoms with Gasteiger partial charge >= 0.3 is 0 Å². The van der Waals surface area contributed by atoms with Gasteiger partial charge in [0.1, 0.15) is 0 Å². The van der Waals surface area contributed by atoms with Crippen molar-refractivity contribution in [2.75, 3.05) is 6.61 Å². The Morgan fingerprint density at radius 2 is 2.33 bits per heavy atom. The third kappa shape index (κ3) is 3.38. The van der Waals surface area contributed by atoms with Crippen molar-refractivity contribution in [1.82, 2.24) is 20.1 Å². The number of rotatable bonds is 6. The SMILES string of the molecule is C[C@H](NCc1cnn(CCO)c1)c1ccccn1. The zero-order valence-corrected chi connectivity index (χ0v) is 10.5. The van der Waals surface area contributed by atoms with Crippen molar-refractivity contribution in [2.45, 2.75) is 26.1 Å². The fourth-order valence-electron chi connectivity index (χ4n) is 1.73. The Bertz CT molecular complexity index is 469. The summed E-state index contributed by atoms with van der Waals surface area (Å²) in [6.07, 6.45) is 5.55. The highest BCUT2D eigenvalue weighted by atomic mass is 16.3. The van der Waals surface area contributed by atoms with Gasteiger partial charge in [0, 0.05) is 30.5 Å². The molecule has 2 rings (SSSR count). The van der Waals surface area contributed by atoms with Crippen LogP contribution < -0.4 is 5.32 Å². The van der Waals surface area contributed by atoms with Crippen LogP contribution in [0.1, 0.15) is 24.2 Å². The monoisotopic (exact) mass is 246 g/mol. The lowest BCUT2D eigenvalue weighted by Crippen LogP contribution is -2.18. The van der Waals surface area contributed by atoms with Crippen molar-refractivity contribution >= 4 is 0 Å². The molecule has 2 heterocycles. The molecule has 1 atom stereocenters. The lowest BCUT2D eigenvalue weighted by Gasteiger charge is -2.11. The molecule has 0 amide bonds. The van der Waals surface area contributed by atoms with Gasteiger partial charge in [0.15, 0.2) is 0 Å². The average molecular weight is 246 g/mol. The van der Waals surface area contributed by atoms with Gasteiger partial charge in [0.05, 0.1) is 25.0 Å². The molecule has 2 N–H and O–H groups in total. The molecule has 0 saturated heterocycles. The molecule has 0 aliphatic carbocycles. The average Bonchev–Trinajstić information content (AvgIpc) is 2.85. The van der Waals surface area contributed by atoms with E-state index in [0.717, 1.165) is 17.8 Å². The lowest BCUT2D eigenvalue weighted by molar-refractivity contribution is 0.269. The maximum atomic E-state index is 8.81. The number of nitrogens with one attached hydrogen (secondary N) is 1. The number of hydrogen-bond acceptors (Lipinski definition) is 4. The predicted molar refractivity (Wildman–Crippen MR) is 68.8 cm³/mol. The Morgan fingerprint density at radius 3 is 3.06 bits per heavy atom. The first-order valence-corrected chi connectivity index (χ1v) is 6.06.